The molecule has 0 spiro atoms. The van der Waals surface area contributed by atoms with Crippen LogP contribution < -0.4 is 5.19 Å². The van der Waals surface area contributed by atoms with Crippen LogP contribution in [0.3, 0.4) is 0 Å². The van der Waals surface area contributed by atoms with Crippen LogP contribution in [-0.2, 0) is 4.74 Å². The van der Waals surface area contributed by atoms with Gasteiger partial charge in [0.05, 0.1) is 26.8 Å². The van der Waals surface area contributed by atoms with Gasteiger partial charge in [0.1, 0.15) is 0 Å². The van der Waals surface area contributed by atoms with Gasteiger partial charge in [0, 0.05) is 4.91 Å². The summed E-state index contributed by atoms with van der Waals surface area (Å²) in [6, 6.07) is 11.8. The second-order valence-electron chi connectivity index (χ2n) is 5.43. The predicted octanol–water partition coefficient (Wildman–Crippen LogP) is 3.07. The van der Waals surface area contributed by atoms with Gasteiger partial charge in [-0.25, -0.2) is 0 Å². The van der Waals surface area contributed by atoms with Crippen LogP contribution in [0.2, 0.25) is 19.1 Å². The molecule has 1 saturated heterocycles. The number of rotatable bonds is 6. The van der Waals surface area contributed by atoms with E-state index >= 15 is 0 Å². The van der Waals surface area contributed by atoms with Crippen molar-refractivity contribution in [2.45, 2.75) is 37.7 Å². The predicted molar refractivity (Wildman–Crippen MR) is 75.7 cm³/mol. The fourth-order valence-corrected chi connectivity index (χ4v) is 4.61. The van der Waals surface area contributed by atoms with Crippen molar-refractivity contribution in [2.24, 2.45) is 5.11 Å². The number of hydrogen-bond donors (Lipinski definition) is 0. The number of hydrogen-bond acceptors (Lipinski definition) is 2. The minimum absolute atomic E-state index is 0.0190. The summed E-state index contributed by atoms with van der Waals surface area (Å²) in [5.41, 5.74) is 8.57. The third kappa shape index (κ3) is 3.35. The number of nitrogens with zero attached hydrogens (tertiary/aromatic N) is 3. The van der Waals surface area contributed by atoms with E-state index < -0.39 is 8.07 Å². The smallest absolute Gasteiger partial charge is 0.0894 e. The van der Waals surface area contributed by atoms with Crippen LogP contribution in [0.15, 0.2) is 35.4 Å². The second-order valence-corrected chi connectivity index (χ2v) is 10.3. The maximum Gasteiger partial charge on any atom is 0.0894 e. The first kappa shape index (κ1) is 13.1. The van der Waals surface area contributed by atoms with E-state index in [2.05, 4.69) is 53.5 Å². The number of benzene rings is 1. The first-order valence-electron chi connectivity index (χ1n) is 6.35. The molecule has 0 bridgehead atoms. The van der Waals surface area contributed by atoms with E-state index in [4.69, 9.17) is 10.3 Å². The molecule has 0 saturated carbocycles. The highest BCUT2D eigenvalue weighted by atomic mass is 28.3. The van der Waals surface area contributed by atoms with Crippen molar-refractivity contribution in [1.29, 1.82) is 0 Å². The first-order chi connectivity index (χ1) is 8.63. The van der Waals surface area contributed by atoms with E-state index in [9.17, 15) is 0 Å². The van der Waals surface area contributed by atoms with Gasteiger partial charge in [-0.05, 0) is 12.0 Å². The molecule has 1 fully saturated rings. The Bertz CT molecular complexity index is 439. The van der Waals surface area contributed by atoms with Crippen molar-refractivity contribution in [2.75, 3.05) is 6.61 Å². The van der Waals surface area contributed by atoms with E-state index in [-0.39, 0.29) is 12.1 Å². The van der Waals surface area contributed by atoms with Crippen LogP contribution in [0.1, 0.15) is 6.42 Å². The lowest BCUT2D eigenvalue weighted by atomic mass is 10.2. The Hall–Kier alpha value is -1.29. The molecule has 1 aromatic rings. The van der Waals surface area contributed by atoms with Crippen molar-refractivity contribution in [3.8, 4) is 0 Å². The maximum atomic E-state index is 8.57. The van der Waals surface area contributed by atoms with Crippen LogP contribution >= 0.6 is 0 Å². The molecule has 18 heavy (non-hydrogen) atoms. The summed E-state index contributed by atoms with van der Waals surface area (Å²) in [7, 11) is -1.43. The molecule has 96 valence electrons. The average Bonchev–Trinajstić information content (AvgIpc) is 3.20. The van der Waals surface area contributed by atoms with E-state index in [0.29, 0.717) is 0 Å². The van der Waals surface area contributed by atoms with Gasteiger partial charge in [-0.3, -0.25) is 0 Å². The molecule has 2 unspecified atom stereocenters. The lowest BCUT2D eigenvalue weighted by Crippen LogP contribution is -2.41. The molecule has 2 atom stereocenters. The van der Waals surface area contributed by atoms with Crippen molar-refractivity contribution in [3.63, 3.8) is 0 Å². The molecular weight excluding hydrogens is 242 g/mol. The van der Waals surface area contributed by atoms with Crippen molar-refractivity contribution in [1.82, 2.24) is 0 Å². The fourth-order valence-electron chi connectivity index (χ4n) is 2.20. The Labute approximate surface area is 109 Å². The third-order valence-corrected chi connectivity index (χ3v) is 7.04. The topological polar surface area (TPSA) is 61.3 Å². The van der Waals surface area contributed by atoms with Gasteiger partial charge in [-0.15, -0.1) is 0 Å². The Balaban J connectivity index is 1.97. The zero-order chi connectivity index (χ0) is 13.0. The average molecular weight is 261 g/mol. The molecule has 5 heteroatoms. The highest BCUT2D eigenvalue weighted by molar-refractivity contribution is 6.89. The summed E-state index contributed by atoms with van der Waals surface area (Å²) in [5.74, 6) is 0. The highest BCUT2D eigenvalue weighted by Gasteiger charge is 2.34. The van der Waals surface area contributed by atoms with Crippen LogP contribution in [0, 0.1) is 0 Å². The van der Waals surface area contributed by atoms with Gasteiger partial charge in [-0.1, -0.05) is 59.8 Å². The quantitative estimate of drug-likeness (QED) is 0.255. The Morgan fingerprint density at radius 2 is 2.11 bits per heavy atom. The van der Waals surface area contributed by atoms with Crippen molar-refractivity contribution >= 4 is 13.3 Å². The van der Waals surface area contributed by atoms with Crippen LogP contribution in [0.4, 0.5) is 0 Å². The minimum atomic E-state index is -1.43. The minimum Gasteiger partial charge on any atom is -0.373 e. The summed E-state index contributed by atoms with van der Waals surface area (Å²) >= 11 is 0. The molecule has 0 amide bonds. The van der Waals surface area contributed by atoms with Gasteiger partial charge in [0.25, 0.3) is 0 Å². The van der Waals surface area contributed by atoms with Crippen LogP contribution in [0.5, 0.6) is 0 Å². The standard InChI is InChI=1S/C13H19N3OSi/c1-18(2,11-6-4-3-5-7-11)9-8-12(15-16-14)13-10-17-13/h3-7,12-13H,8-10H2,1-2H3. The molecule has 0 N–H and O–H groups in total. The summed E-state index contributed by atoms with van der Waals surface area (Å²) in [5, 5.41) is 5.32. The molecule has 1 aliphatic heterocycles. The highest BCUT2D eigenvalue weighted by Crippen LogP contribution is 2.24. The molecule has 1 aromatic carbocycles. The van der Waals surface area contributed by atoms with Gasteiger partial charge in [-0.2, -0.15) is 0 Å². The van der Waals surface area contributed by atoms with Gasteiger partial charge in [0.15, 0.2) is 0 Å². The summed E-state index contributed by atoms with van der Waals surface area (Å²) in [6.07, 6.45) is 1.10. The molecule has 4 nitrogen and oxygen atoms in total. The zero-order valence-electron chi connectivity index (χ0n) is 10.9. The monoisotopic (exact) mass is 261 g/mol. The normalized spacial score (nSPS) is 20.0. The zero-order valence-corrected chi connectivity index (χ0v) is 11.9. The third-order valence-electron chi connectivity index (χ3n) is 3.61. The summed E-state index contributed by atoms with van der Waals surface area (Å²) in [6.45, 7) is 5.48. The lowest BCUT2D eigenvalue weighted by Gasteiger charge is -2.24. The van der Waals surface area contributed by atoms with Crippen molar-refractivity contribution in [3.05, 3.63) is 40.8 Å². The summed E-state index contributed by atoms with van der Waals surface area (Å²) in [4.78, 5) is 2.93. The Morgan fingerprint density at radius 1 is 1.44 bits per heavy atom. The Kier molecular flexibility index (Phi) is 4.06. The Morgan fingerprint density at radius 3 is 2.67 bits per heavy atom. The van der Waals surface area contributed by atoms with E-state index in [1.54, 1.807) is 0 Å². The number of azide groups is 1. The molecule has 1 heterocycles. The van der Waals surface area contributed by atoms with Crippen LogP contribution in [-0.4, -0.2) is 26.8 Å². The van der Waals surface area contributed by atoms with Gasteiger partial charge in [0.2, 0.25) is 0 Å². The summed E-state index contributed by atoms with van der Waals surface area (Å²) < 4.78 is 5.24. The molecular formula is C13H19N3OSi. The second kappa shape index (κ2) is 5.57. The molecule has 0 radical (unpaired) electrons. The van der Waals surface area contributed by atoms with Gasteiger partial charge < -0.3 is 4.74 Å². The van der Waals surface area contributed by atoms with E-state index in [0.717, 1.165) is 19.1 Å². The molecule has 0 aromatic heterocycles. The van der Waals surface area contributed by atoms with E-state index in [1.807, 2.05) is 0 Å². The number of epoxide rings is 1. The van der Waals surface area contributed by atoms with Gasteiger partial charge >= 0.3 is 0 Å². The van der Waals surface area contributed by atoms with Crippen LogP contribution in [0.25, 0.3) is 10.4 Å². The van der Waals surface area contributed by atoms with E-state index in [1.165, 1.54) is 5.19 Å². The molecule has 1 aliphatic rings. The largest absolute Gasteiger partial charge is 0.373 e. The first-order valence-corrected chi connectivity index (χ1v) is 9.55. The lowest BCUT2D eigenvalue weighted by molar-refractivity contribution is 0.368. The SMILES string of the molecule is C[Si](C)(CCC(N=[N+]=[N-])C1CO1)c1ccccc1. The maximum absolute atomic E-state index is 8.57. The fraction of sp³-hybridized carbons (Fsp3) is 0.538. The van der Waals surface area contributed by atoms with Crippen molar-refractivity contribution < 1.29 is 4.74 Å². The number of ether oxygens (including phenoxy) is 1. The molecule has 2 rings (SSSR count). The molecule has 0 aliphatic carbocycles.